The molecule has 96 valence electrons. The number of rotatable bonds is 4. The van der Waals surface area contributed by atoms with Crippen molar-refractivity contribution in [2.24, 2.45) is 0 Å². The predicted octanol–water partition coefficient (Wildman–Crippen LogP) is 4.14. The molecule has 19 heavy (non-hydrogen) atoms. The van der Waals surface area contributed by atoms with E-state index in [9.17, 15) is 4.79 Å². The summed E-state index contributed by atoms with van der Waals surface area (Å²) in [7, 11) is 0. The zero-order valence-electron chi connectivity index (χ0n) is 10.7. The lowest BCUT2D eigenvalue weighted by molar-refractivity contribution is 0.0948. The van der Waals surface area contributed by atoms with Gasteiger partial charge < -0.3 is 9.40 Å². The van der Waals surface area contributed by atoms with E-state index in [4.69, 9.17) is 4.42 Å². The lowest BCUT2D eigenvalue weighted by Gasteiger charge is -2.07. The number of hydrogen-bond acceptors (Lipinski definition) is 2. The van der Waals surface area contributed by atoms with E-state index in [1.165, 1.54) is 11.6 Å². The van der Waals surface area contributed by atoms with Crippen LogP contribution in [0.15, 0.2) is 53.1 Å². The van der Waals surface area contributed by atoms with Crippen molar-refractivity contribution in [2.75, 3.05) is 0 Å². The second-order valence-electron chi connectivity index (χ2n) is 4.82. The van der Waals surface area contributed by atoms with Crippen LogP contribution in [0.4, 0.5) is 0 Å². The lowest BCUT2D eigenvalue weighted by atomic mass is 10.00. The van der Waals surface area contributed by atoms with Crippen LogP contribution in [-0.4, -0.2) is 10.8 Å². The second kappa shape index (κ2) is 4.76. The van der Waals surface area contributed by atoms with Gasteiger partial charge in [-0.25, -0.2) is 0 Å². The number of Topliss-reactive ketones (excluding diaryl/α,β-unsaturated/α-hetero) is 1. The fourth-order valence-corrected chi connectivity index (χ4v) is 2.29. The van der Waals surface area contributed by atoms with Crippen LogP contribution in [0, 0.1) is 0 Å². The van der Waals surface area contributed by atoms with E-state index in [0.29, 0.717) is 12.2 Å². The number of benzene rings is 1. The molecular formula is C16H15NO2. The number of nitrogens with one attached hydrogen (secondary N) is 1. The number of aromatic nitrogens is 1. The molecule has 1 N–H and O–H groups in total. The highest BCUT2D eigenvalue weighted by Gasteiger charge is 2.16. The summed E-state index contributed by atoms with van der Waals surface area (Å²) in [6.45, 7) is 2.05. The molecule has 3 nitrogen and oxygen atoms in total. The number of hydrogen-bond donors (Lipinski definition) is 1. The summed E-state index contributed by atoms with van der Waals surface area (Å²) in [6, 6.07) is 13.7. The van der Waals surface area contributed by atoms with Gasteiger partial charge in [-0.05, 0) is 29.7 Å². The molecule has 0 saturated carbocycles. The molecular weight excluding hydrogens is 238 g/mol. The summed E-state index contributed by atoms with van der Waals surface area (Å²) in [5.74, 6) is 0.615. The lowest BCUT2D eigenvalue weighted by Crippen LogP contribution is -2.04. The van der Waals surface area contributed by atoms with Crippen LogP contribution in [0.3, 0.4) is 0 Å². The highest BCUT2D eigenvalue weighted by Crippen LogP contribution is 2.24. The quantitative estimate of drug-likeness (QED) is 0.710. The molecule has 0 radical (unpaired) electrons. The Balaban J connectivity index is 1.80. The number of fused-ring (bicyclic) bond motifs is 1. The van der Waals surface area contributed by atoms with E-state index in [-0.39, 0.29) is 11.7 Å². The number of H-pyrrole nitrogens is 1. The first-order valence-corrected chi connectivity index (χ1v) is 6.38. The van der Waals surface area contributed by atoms with Gasteiger partial charge in [0.2, 0.25) is 0 Å². The number of carbonyl (C=O) groups is 1. The molecule has 0 aliphatic heterocycles. The van der Waals surface area contributed by atoms with Crippen molar-refractivity contribution in [3.05, 3.63) is 60.2 Å². The van der Waals surface area contributed by atoms with Gasteiger partial charge in [0.05, 0.1) is 6.26 Å². The third kappa shape index (κ3) is 2.32. The Morgan fingerprint density at radius 2 is 2.11 bits per heavy atom. The van der Waals surface area contributed by atoms with Crippen LogP contribution in [-0.2, 0) is 0 Å². The molecule has 0 saturated heterocycles. The molecule has 1 aromatic carbocycles. The second-order valence-corrected chi connectivity index (χ2v) is 4.82. The third-order valence-electron chi connectivity index (χ3n) is 3.37. The minimum Gasteiger partial charge on any atom is -0.461 e. The van der Waals surface area contributed by atoms with Gasteiger partial charge in [0.25, 0.3) is 0 Å². The predicted molar refractivity (Wildman–Crippen MR) is 74.4 cm³/mol. The van der Waals surface area contributed by atoms with Crippen LogP contribution in [0.25, 0.3) is 10.9 Å². The fourth-order valence-electron chi connectivity index (χ4n) is 2.29. The Bertz CT molecular complexity index is 661. The molecule has 0 unspecified atom stereocenters. The van der Waals surface area contributed by atoms with Crippen LogP contribution in [0.5, 0.6) is 0 Å². The molecule has 1 atom stereocenters. The van der Waals surface area contributed by atoms with Crippen LogP contribution in [0.2, 0.25) is 0 Å². The van der Waals surface area contributed by atoms with Crippen molar-refractivity contribution in [2.45, 2.75) is 19.3 Å². The first-order chi connectivity index (χ1) is 9.24. The number of aromatic amines is 1. The average Bonchev–Trinajstić information content (AvgIpc) is 3.07. The van der Waals surface area contributed by atoms with Crippen molar-refractivity contribution in [1.82, 2.24) is 4.98 Å². The molecule has 2 aromatic heterocycles. The van der Waals surface area contributed by atoms with Crippen molar-refractivity contribution in [3.8, 4) is 0 Å². The highest BCUT2D eigenvalue weighted by molar-refractivity contribution is 5.94. The summed E-state index contributed by atoms with van der Waals surface area (Å²) >= 11 is 0. The third-order valence-corrected chi connectivity index (χ3v) is 3.37. The zero-order valence-corrected chi connectivity index (χ0v) is 10.7. The highest BCUT2D eigenvalue weighted by atomic mass is 16.3. The number of furan rings is 1. The maximum Gasteiger partial charge on any atom is 0.198 e. The Kier molecular flexibility index (Phi) is 2.95. The largest absolute Gasteiger partial charge is 0.461 e. The molecule has 0 bridgehead atoms. The van der Waals surface area contributed by atoms with Gasteiger partial charge in [-0.1, -0.05) is 25.1 Å². The van der Waals surface area contributed by atoms with Gasteiger partial charge in [0.15, 0.2) is 11.5 Å². The van der Waals surface area contributed by atoms with Gasteiger partial charge in [-0.2, -0.15) is 0 Å². The summed E-state index contributed by atoms with van der Waals surface area (Å²) in [5.41, 5.74) is 2.19. The Morgan fingerprint density at radius 1 is 1.26 bits per heavy atom. The van der Waals surface area contributed by atoms with Crippen molar-refractivity contribution in [1.29, 1.82) is 0 Å². The molecule has 0 aliphatic rings. The first-order valence-electron chi connectivity index (χ1n) is 6.38. The molecule has 2 heterocycles. The van der Waals surface area contributed by atoms with Crippen molar-refractivity contribution >= 4 is 16.7 Å². The SMILES string of the molecule is C[C@H](CC(=O)c1ccco1)c1cc2ccccc2[nH]1. The Labute approximate surface area is 111 Å². The summed E-state index contributed by atoms with van der Waals surface area (Å²) < 4.78 is 5.13. The van der Waals surface area contributed by atoms with Crippen LogP contribution >= 0.6 is 0 Å². The molecule has 3 heteroatoms. The summed E-state index contributed by atoms with van der Waals surface area (Å²) in [5, 5.41) is 1.18. The Hall–Kier alpha value is -2.29. The monoisotopic (exact) mass is 253 g/mol. The molecule has 0 aliphatic carbocycles. The number of para-hydroxylation sites is 1. The van der Waals surface area contributed by atoms with Crippen LogP contribution in [0.1, 0.15) is 35.5 Å². The van der Waals surface area contributed by atoms with E-state index in [1.807, 2.05) is 25.1 Å². The maximum atomic E-state index is 12.0. The topological polar surface area (TPSA) is 46.0 Å². The minimum absolute atomic E-state index is 0.0381. The maximum absolute atomic E-state index is 12.0. The standard InChI is InChI=1S/C16H15NO2/c1-11(9-15(18)16-7-4-8-19-16)14-10-12-5-2-3-6-13(12)17-14/h2-8,10-11,17H,9H2,1H3/t11-/m1/s1. The summed E-state index contributed by atoms with van der Waals surface area (Å²) in [4.78, 5) is 15.4. The van der Waals surface area contributed by atoms with Crippen molar-refractivity contribution in [3.63, 3.8) is 0 Å². The van der Waals surface area contributed by atoms with E-state index >= 15 is 0 Å². The van der Waals surface area contributed by atoms with E-state index < -0.39 is 0 Å². The van der Waals surface area contributed by atoms with Gasteiger partial charge in [0.1, 0.15) is 0 Å². The molecule has 0 fully saturated rings. The zero-order chi connectivity index (χ0) is 13.2. The van der Waals surface area contributed by atoms with Gasteiger partial charge in [-0.15, -0.1) is 0 Å². The minimum atomic E-state index is 0.0381. The Morgan fingerprint density at radius 3 is 2.84 bits per heavy atom. The molecule has 3 rings (SSSR count). The number of ketones is 1. The van der Waals surface area contributed by atoms with E-state index in [0.717, 1.165) is 11.2 Å². The normalized spacial score (nSPS) is 12.7. The fraction of sp³-hybridized carbons (Fsp3) is 0.188. The van der Waals surface area contributed by atoms with Crippen molar-refractivity contribution < 1.29 is 9.21 Å². The van der Waals surface area contributed by atoms with E-state index in [1.54, 1.807) is 12.1 Å². The number of carbonyl (C=O) groups excluding carboxylic acids is 1. The molecule has 0 spiro atoms. The van der Waals surface area contributed by atoms with Gasteiger partial charge in [-0.3, -0.25) is 4.79 Å². The van der Waals surface area contributed by atoms with Gasteiger partial charge >= 0.3 is 0 Å². The van der Waals surface area contributed by atoms with Gasteiger partial charge in [0, 0.05) is 23.5 Å². The van der Waals surface area contributed by atoms with E-state index in [2.05, 4.69) is 17.1 Å². The smallest absolute Gasteiger partial charge is 0.198 e. The van der Waals surface area contributed by atoms with Crippen LogP contribution < -0.4 is 0 Å². The summed E-state index contributed by atoms with van der Waals surface area (Å²) in [6.07, 6.45) is 1.97. The molecule has 0 amide bonds. The average molecular weight is 253 g/mol. The first kappa shape index (κ1) is 11.8. The molecule has 3 aromatic rings.